The first kappa shape index (κ1) is 50.3. The van der Waals surface area contributed by atoms with Crippen LogP contribution in [0.25, 0.3) is 0 Å². The molecule has 0 aliphatic heterocycles. The molecular weight excluding hydrogens is 476 g/mol. The van der Waals surface area contributed by atoms with Gasteiger partial charge in [-0.3, -0.25) is 0 Å². The second kappa shape index (κ2) is 21.7. The largest absolute Gasteiger partial charge is 3.00 e. The van der Waals surface area contributed by atoms with Crippen molar-refractivity contribution in [3.8, 4) is 0 Å². The summed E-state index contributed by atoms with van der Waals surface area (Å²) in [5, 5.41) is 0. The molecule has 0 unspecified atom stereocenters. The maximum atomic E-state index is 8.58. The monoisotopic (exact) mass is 480 g/mol. The third kappa shape index (κ3) is 2390. The molecule has 0 spiro atoms. The Morgan fingerprint density at radius 3 is 0.333 bits per heavy atom. The zero-order valence-corrected chi connectivity index (χ0v) is 19.6. The zero-order chi connectivity index (χ0) is 18.0. The Balaban J connectivity index is -0.0000000225. The molecule has 0 aromatic heterocycles. The van der Waals surface area contributed by atoms with Crippen molar-refractivity contribution < 1.29 is 76.7 Å². The summed E-state index contributed by atoms with van der Waals surface area (Å²) in [5.74, 6) is 0. The molecule has 0 atom stereocenters. The minimum Gasteiger partial charge on any atom is -0.894 e. The minimum atomic E-state index is -5.61. The van der Waals surface area contributed by atoms with Gasteiger partial charge in [0.05, 0.1) is 0 Å². The van der Waals surface area contributed by atoms with Gasteiger partial charge in [-0.05, 0) is 0 Å². The topological polar surface area (TPSA) is 358 Å². The Hall–Kier alpha value is 2.36. The first-order valence-corrected chi connectivity index (χ1v) is 10.0. The fraction of sp³-hybridized carbons (Fsp3) is 0. The summed E-state index contributed by atoms with van der Waals surface area (Å²) in [5.41, 5.74) is 0. The van der Waals surface area contributed by atoms with E-state index in [0.717, 1.165) is 0 Å². The van der Waals surface area contributed by atoms with Gasteiger partial charge in [-0.1, -0.05) is 0 Å². The molecule has 0 aromatic rings. The molecule has 0 aliphatic carbocycles. The van der Waals surface area contributed by atoms with Crippen LogP contribution < -0.4 is 57.5 Å². The van der Waals surface area contributed by atoms with Crippen LogP contribution in [0, 0.1) is 0 Å². The SMILES string of the molecule is O[Si](O)(O)O.[Al+3].[Al+3].[Al+3].[Al+3].[O-][Si]([O-])([O-])[O-].[O-][Si]([O-])([O-])[O-].[O-][Si]([O-])([O-])[O-]. The van der Waals surface area contributed by atoms with Gasteiger partial charge in [-0.2, -0.15) is 0 Å². The summed E-state index contributed by atoms with van der Waals surface area (Å²) in [7, 11) is -21.4. The van der Waals surface area contributed by atoms with E-state index >= 15 is 0 Å². The van der Waals surface area contributed by atoms with E-state index in [-0.39, 0.29) is 69.4 Å². The number of hydrogen-bond acceptors (Lipinski definition) is 16. The molecule has 128 valence electrons. The van der Waals surface area contributed by atoms with Gasteiger partial charge < -0.3 is 104 Å². The third-order valence-electron chi connectivity index (χ3n) is 0. The average Bonchev–Trinajstić information content (AvgIpc) is 1.62. The first-order valence-electron chi connectivity index (χ1n) is 3.34. The Labute approximate surface area is 181 Å². The second-order valence-electron chi connectivity index (χ2n) is 2.10. The molecule has 0 aliphatic rings. The van der Waals surface area contributed by atoms with Gasteiger partial charge in [0.15, 0.2) is 0 Å². The van der Waals surface area contributed by atoms with Crippen molar-refractivity contribution in [3.05, 3.63) is 0 Å². The maximum Gasteiger partial charge on any atom is 3.00 e. The number of hydrogen-bond donors (Lipinski definition) is 4. The Morgan fingerprint density at radius 1 is 0.333 bits per heavy atom. The first-order chi connectivity index (χ1) is 8.00. The molecule has 0 bridgehead atoms. The molecule has 0 aromatic carbocycles. The fourth-order valence-corrected chi connectivity index (χ4v) is 0. The van der Waals surface area contributed by atoms with Crippen molar-refractivity contribution in [2.24, 2.45) is 0 Å². The van der Waals surface area contributed by atoms with E-state index in [1.54, 1.807) is 0 Å². The minimum absolute atomic E-state index is 0. The van der Waals surface area contributed by atoms with Gasteiger partial charge in [0.25, 0.3) is 0 Å². The molecule has 24 heavy (non-hydrogen) atoms. The fourth-order valence-electron chi connectivity index (χ4n) is 0. The van der Waals surface area contributed by atoms with Crippen molar-refractivity contribution in [2.75, 3.05) is 0 Å². The van der Waals surface area contributed by atoms with Gasteiger partial charge in [-0.25, -0.2) is 0 Å². The summed E-state index contributed by atoms with van der Waals surface area (Å²) in [6.45, 7) is 0. The third-order valence-corrected chi connectivity index (χ3v) is 0. The molecule has 24 heteroatoms. The summed E-state index contributed by atoms with van der Waals surface area (Å²) in [6.07, 6.45) is 0. The van der Waals surface area contributed by atoms with Crippen LogP contribution in [0.2, 0.25) is 0 Å². The van der Waals surface area contributed by atoms with Crippen LogP contribution in [-0.2, 0) is 0 Å². The van der Waals surface area contributed by atoms with Gasteiger partial charge in [0.2, 0.25) is 0 Å². The number of rotatable bonds is 0. The molecule has 0 saturated heterocycles. The molecular formula is H4Al4O16Si4. The normalized spacial score (nSPS) is 10.0. The summed E-state index contributed by atoms with van der Waals surface area (Å²) >= 11 is 0. The van der Waals surface area contributed by atoms with Gasteiger partial charge in [0.1, 0.15) is 0 Å². The predicted octanol–water partition coefficient (Wildman–Crippen LogP) is -19.5. The van der Waals surface area contributed by atoms with E-state index in [4.69, 9.17) is 76.7 Å². The Kier molecular flexibility index (Phi) is 45.4. The van der Waals surface area contributed by atoms with Crippen molar-refractivity contribution in [1.82, 2.24) is 0 Å². The maximum absolute atomic E-state index is 8.58. The van der Waals surface area contributed by atoms with Crippen LogP contribution in [0.15, 0.2) is 0 Å². The standard InChI is InChI=1S/4Al.H4O4Si.3O4Si/c;;;;4*1-5(2,3)4/h;;;;1-4H;;;/q4*+3;;3*-4. The smallest absolute Gasteiger partial charge is 0.894 e. The molecule has 0 saturated carbocycles. The second-order valence-corrected chi connectivity index (χ2v) is 6.30. The van der Waals surface area contributed by atoms with Gasteiger partial charge in [0, 0.05) is 0 Å². The van der Waals surface area contributed by atoms with E-state index in [2.05, 4.69) is 0 Å². The van der Waals surface area contributed by atoms with Gasteiger partial charge in [-0.15, -0.1) is 0 Å². The summed E-state index contributed by atoms with van der Waals surface area (Å²) in [6, 6.07) is 0. The van der Waals surface area contributed by atoms with Crippen molar-refractivity contribution in [1.29, 1.82) is 0 Å². The van der Waals surface area contributed by atoms with E-state index < -0.39 is 36.2 Å². The molecule has 0 fully saturated rings. The Bertz CT molecular complexity index is 140. The van der Waals surface area contributed by atoms with E-state index in [9.17, 15) is 0 Å². The predicted molar refractivity (Wildman–Crippen MR) is 54.9 cm³/mol. The van der Waals surface area contributed by atoms with Crippen molar-refractivity contribution >= 4 is 106 Å². The van der Waals surface area contributed by atoms with Crippen LogP contribution >= 0.6 is 0 Å². The van der Waals surface area contributed by atoms with Crippen LogP contribution in [0.5, 0.6) is 0 Å². The summed E-state index contributed by atoms with van der Waals surface area (Å²) in [4.78, 5) is 132. The molecule has 0 rings (SSSR count). The van der Waals surface area contributed by atoms with Crippen LogP contribution in [0.3, 0.4) is 0 Å². The average molecular weight is 480 g/mol. The molecule has 4 N–H and O–H groups in total. The van der Waals surface area contributed by atoms with Crippen molar-refractivity contribution in [3.63, 3.8) is 0 Å². The van der Waals surface area contributed by atoms with E-state index in [1.807, 2.05) is 0 Å². The molecule has 0 radical (unpaired) electrons. The van der Waals surface area contributed by atoms with Crippen LogP contribution in [0.4, 0.5) is 0 Å². The zero-order valence-electron chi connectivity index (χ0n) is 11.0. The van der Waals surface area contributed by atoms with Gasteiger partial charge >= 0.3 is 78.5 Å². The Morgan fingerprint density at radius 2 is 0.333 bits per heavy atom. The molecule has 0 heterocycles. The van der Waals surface area contributed by atoms with E-state index in [1.165, 1.54) is 0 Å². The van der Waals surface area contributed by atoms with Crippen LogP contribution in [-0.4, -0.2) is 125 Å². The van der Waals surface area contributed by atoms with Crippen molar-refractivity contribution in [2.45, 2.75) is 0 Å². The summed E-state index contributed by atoms with van der Waals surface area (Å²) < 4.78 is 0. The van der Waals surface area contributed by atoms with E-state index in [0.29, 0.717) is 0 Å². The molecule has 0 amide bonds. The van der Waals surface area contributed by atoms with Crippen LogP contribution in [0.1, 0.15) is 0 Å². The molecule has 16 nitrogen and oxygen atoms in total. The quantitative estimate of drug-likeness (QED) is 0.234.